The van der Waals surface area contributed by atoms with Crippen molar-refractivity contribution in [3.63, 3.8) is 0 Å². The second kappa shape index (κ2) is 4.41. The number of fused-ring (bicyclic) bond motifs is 2. The number of hydrogen-bond donors (Lipinski definition) is 1. The zero-order chi connectivity index (χ0) is 11.7. The lowest BCUT2D eigenvalue weighted by atomic mass is 9.89. The molecule has 0 saturated carbocycles. The summed E-state index contributed by atoms with van der Waals surface area (Å²) in [6, 6.07) is 0.0716. The third-order valence-electron chi connectivity index (χ3n) is 3.66. The minimum atomic E-state index is -0.767. The maximum atomic E-state index is 11.9. The number of amides is 1. The van der Waals surface area contributed by atoms with Gasteiger partial charge in [-0.2, -0.15) is 0 Å². The largest absolute Gasteiger partial charge is 0.481 e. The van der Waals surface area contributed by atoms with E-state index in [0.717, 1.165) is 12.8 Å². The Labute approximate surface area is 94.4 Å². The van der Waals surface area contributed by atoms with Crippen molar-refractivity contribution >= 4 is 11.9 Å². The predicted octanol–water partition coefficient (Wildman–Crippen LogP) is 0.487. The van der Waals surface area contributed by atoms with Gasteiger partial charge in [0, 0.05) is 19.2 Å². The van der Waals surface area contributed by atoms with Gasteiger partial charge in [0.2, 0.25) is 5.91 Å². The van der Waals surface area contributed by atoms with Gasteiger partial charge in [0.1, 0.15) is 0 Å². The van der Waals surface area contributed by atoms with E-state index < -0.39 is 5.97 Å². The van der Waals surface area contributed by atoms with Crippen molar-refractivity contribution in [1.82, 2.24) is 4.90 Å². The molecule has 1 N–H and O–H groups in total. The molecule has 2 bridgehead atoms. The SMILES string of the molecule is COCCC(=O)N1C2CCC1C(C(=O)O)C2. The summed E-state index contributed by atoms with van der Waals surface area (Å²) in [7, 11) is 1.56. The number of carboxylic acid groups (broad SMARTS) is 1. The molecule has 0 aromatic heterocycles. The Hall–Kier alpha value is -1.10. The van der Waals surface area contributed by atoms with Crippen LogP contribution in [0.4, 0.5) is 0 Å². The Morgan fingerprint density at radius 2 is 2.19 bits per heavy atom. The topological polar surface area (TPSA) is 66.8 Å². The average Bonchev–Trinajstić information content (AvgIpc) is 2.82. The van der Waals surface area contributed by atoms with E-state index in [1.165, 1.54) is 0 Å². The molecule has 0 radical (unpaired) electrons. The van der Waals surface area contributed by atoms with Crippen LogP contribution in [0, 0.1) is 5.92 Å². The number of carboxylic acids is 1. The Morgan fingerprint density at radius 1 is 1.44 bits per heavy atom. The highest BCUT2D eigenvalue weighted by molar-refractivity contribution is 5.80. The smallest absolute Gasteiger partial charge is 0.308 e. The quantitative estimate of drug-likeness (QED) is 0.759. The monoisotopic (exact) mass is 227 g/mol. The molecule has 0 aliphatic carbocycles. The van der Waals surface area contributed by atoms with E-state index in [1.807, 2.05) is 0 Å². The maximum Gasteiger partial charge on any atom is 0.308 e. The number of carbonyl (C=O) groups excluding carboxylic acids is 1. The molecule has 2 rings (SSSR count). The molecule has 0 aromatic carbocycles. The highest BCUT2D eigenvalue weighted by Gasteiger charge is 2.50. The first kappa shape index (κ1) is 11.4. The minimum Gasteiger partial charge on any atom is -0.481 e. The summed E-state index contributed by atoms with van der Waals surface area (Å²) in [5.74, 6) is -1.08. The van der Waals surface area contributed by atoms with Crippen LogP contribution in [0.3, 0.4) is 0 Å². The number of carbonyl (C=O) groups is 2. The van der Waals surface area contributed by atoms with Gasteiger partial charge in [0.05, 0.1) is 18.9 Å². The van der Waals surface area contributed by atoms with Gasteiger partial charge in [-0.25, -0.2) is 0 Å². The van der Waals surface area contributed by atoms with Gasteiger partial charge in [0.25, 0.3) is 0 Å². The molecule has 2 aliphatic rings. The fourth-order valence-electron chi connectivity index (χ4n) is 2.96. The standard InChI is InChI=1S/C11H17NO4/c1-16-5-4-10(13)12-7-2-3-9(12)8(6-7)11(14)15/h7-9H,2-6H2,1H3,(H,14,15). The number of aliphatic carboxylic acids is 1. The molecule has 2 aliphatic heterocycles. The van der Waals surface area contributed by atoms with E-state index in [-0.39, 0.29) is 23.9 Å². The van der Waals surface area contributed by atoms with Crippen LogP contribution < -0.4 is 0 Å². The molecular formula is C11H17NO4. The van der Waals surface area contributed by atoms with Crippen molar-refractivity contribution < 1.29 is 19.4 Å². The molecular weight excluding hydrogens is 210 g/mol. The van der Waals surface area contributed by atoms with Crippen LogP contribution in [0.5, 0.6) is 0 Å². The van der Waals surface area contributed by atoms with Crippen LogP contribution in [0.15, 0.2) is 0 Å². The molecule has 2 heterocycles. The Morgan fingerprint density at radius 3 is 2.75 bits per heavy atom. The number of methoxy groups -OCH3 is 1. The minimum absolute atomic E-state index is 0.0399. The molecule has 5 nitrogen and oxygen atoms in total. The van der Waals surface area contributed by atoms with Crippen LogP contribution in [0.2, 0.25) is 0 Å². The van der Waals surface area contributed by atoms with Crippen LogP contribution in [-0.4, -0.2) is 47.7 Å². The molecule has 16 heavy (non-hydrogen) atoms. The normalized spacial score (nSPS) is 32.1. The van der Waals surface area contributed by atoms with Crippen molar-refractivity contribution in [1.29, 1.82) is 0 Å². The van der Waals surface area contributed by atoms with Gasteiger partial charge >= 0.3 is 5.97 Å². The van der Waals surface area contributed by atoms with Crippen LogP contribution in [-0.2, 0) is 14.3 Å². The molecule has 3 unspecified atom stereocenters. The molecule has 0 spiro atoms. The second-order valence-corrected chi connectivity index (χ2v) is 4.52. The summed E-state index contributed by atoms with van der Waals surface area (Å²) in [6.07, 6.45) is 2.77. The lowest BCUT2D eigenvalue weighted by Gasteiger charge is -2.22. The molecule has 1 amide bonds. The van der Waals surface area contributed by atoms with Crippen molar-refractivity contribution in [2.24, 2.45) is 5.92 Å². The molecule has 2 saturated heterocycles. The third-order valence-corrected chi connectivity index (χ3v) is 3.66. The fraction of sp³-hybridized carbons (Fsp3) is 0.818. The van der Waals surface area contributed by atoms with E-state index >= 15 is 0 Å². The maximum absolute atomic E-state index is 11.9. The van der Waals surface area contributed by atoms with E-state index in [0.29, 0.717) is 19.4 Å². The predicted molar refractivity (Wildman–Crippen MR) is 55.9 cm³/mol. The van der Waals surface area contributed by atoms with Gasteiger partial charge in [-0.05, 0) is 19.3 Å². The summed E-state index contributed by atoms with van der Waals surface area (Å²) >= 11 is 0. The van der Waals surface area contributed by atoms with Crippen molar-refractivity contribution in [3.05, 3.63) is 0 Å². The Kier molecular flexibility index (Phi) is 3.14. The zero-order valence-corrected chi connectivity index (χ0v) is 9.39. The highest BCUT2D eigenvalue weighted by atomic mass is 16.5. The molecule has 5 heteroatoms. The molecule has 2 fully saturated rings. The lowest BCUT2D eigenvalue weighted by molar-refractivity contribution is -0.143. The van der Waals surface area contributed by atoms with Crippen molar-refractivity contribution in [2.75, 3.05) is 13.7 Å². The lowest BCUT2D eigenvalue weighted by Crippen LogP contribution is -2.38. The van der Waals surface area contributed by atoms with E-state index in [4.69, 9.17) is 9.84 Å². The second-order valence-electron chi connectivity index (χ2n) is 4.52. The Bertz CT molecular complexity index is 304. The van der Waals surface area contributed by atoms with Crippen molar-refractivity contribution in [3.8, 4) is 0 Å². The first-order valence-electron chi connectivity index (χ1n) is 5.68. The first-order valence-corrected chi connectivity index (χ1v) is 5.68. The van der Waals surface area contributed by atoms with E-state index in [9.17, 15) is 9.59 Å². The number of nitrogens with zero attached hydrogens (tertiary/aromatic N) is 1. The van der Waals surface area contributed by atoms with Gasteiger partial charge in [-0.1, -0.05) is 0 Å². The molecule has 90 valence electrons. The van der Waals surface area contributed by atoms with Crippen LogP contribution >= 0.6 is 0 Å². The van der Waals surface area contributed by atoms with Gasteiger partial charge in [-0.15, -0.1) is 0 Å². The summed E-state index contributed by atoms with van der Waals surface area (Å²) in [6.45, 7) is 0.409. The van der Waals surface area contributed by atoms with Gasteiger partial charge in [0.15, 0.2) is 0 Å². The van der Waals surface area contributed by atoms with Gasteiger partial charge in [-0.3, -0.25) is 9.59 Å². The fourth-order valence-corrected chi connectivity index (χ4v) is 2.96. The van der Waals surface area contributed by atoms with Crippen LogP contribution in [0.25, 0.3) is 0 Å². The average molecular weight is 227 g/mol. The summed E-state index contributed by atoms with van der Waals surface area (Å²) in [4.78, 5) is 24.7. The zero-order valence-electron chi connectivity index (χ0n) is 9.39. The summed E-state index contributed by atoms with van der Waals surface area (Å²) < 4.78 is 4.87. The summed E-state index contributed by atoms with van der Waals surface area (Å²) in [5.41, 5.74) is 0. The summed E-state index contributed by atoms with van der Waals surface area (Å²) in [5, 5.41) is 9.05. The number of hydrogen-bond acceptors (Lipinski definition) is 3. The third kappa shape index (κ3) is 1.80. The van der Waals surface area contributed by atoms with E-state index in [1.54, 1.807) is 12.0 Å². The van der Waals surface area contributed by atoms with E-state index in [2.05, 4.69) is 0 Å². The van der Waals surface area contributed by atoms with Crippen molar-refractivity contribution in [2.45, 2.75) is 37.8 Å². The number of rotatable bonds is 4. The number of ether oxygens (including phenoxy) is 1. The Balaban J connectivity index is 2.01. The highest BCUT2D eigenvalue weighted by Crippen LogP contribution is 2.42. The molecule has 3 atom stereocenters. The van der Waals surface area contributed by atoms with Crippen LogP contribution in [0.1, 0.15) is 25.7 Å². The molecule has 0 aromatic rings. The first-order chi connectivity index (χ1) is 7.65. The van der Waals surface area contributed by atoms with Gasteiger partial charge < -0.3 is 14.7 Å².